The number of halogens is 1. The third kappa shape index (κ3) is 4.87. The highest BCUT2D eigenvalue weighted by atomic mass is 79.9. The first-order valence-electron chi connectivity index (χ1n) is 8.55. The Hall–Kier alpha value is -1.49. The van der Waals surface area contributed by atoms with Gasteiger partial charge in [-0.25, -0.2) is 18.2 Å². The zero-order valence-corrected chi connectivity index (χ0v) is 17.9. The van der Waals surface area contributed by atoms with Crippen LogP contribution < -0.4 is 5.32 Å². The summed E-state index contributed by atoms with van der Waals surface area (Å²) in [7, 11) is -3.71. The summed E-state index contributed by atoms with van der Waals surface area (Å²) in [6.07, 6.45) is 0.861. The zero-order valence-electron chi connectivity index (χ0n) is 14.7. The summed E-state index contributed by atoms with van der Waals surface area (Å²) >= 11 is 4.68. The summed E-state index contributed by atoms with van der Waals surface area (Å²) in [4.78, 5) is 15.9. The van der Waals surface area contributed by atoms with Gasteiger partial charge in [0.2, 0.25) is 0 Å². The number of nitrogens with one attached hydrogen (secondary N) is 1. The fraction of sp³-hybridized carbons (Fsp3) is 0.412. The monoisotopic (exact) mass is 473 g/mol. The second-order valence-corrected chi connectivity index (χ2v) is 9.72. The van der Waals surface area contributed by atoms with Crippen LogP contribution in [0.25, 0.3) is 10.6 Å². The van der Waals surface area contributed by atoms with Crippen molar-refractivity contribution in [3.8, 4) is 10.6 Å². The number of sulfonamides is 1. The molecule has 2 heterocycles. The summed E-state index contributed by atoms with van der Waals surface area (Å²) in [6, 6.07) is 7.29. The van der Waals surface area contributed by atoms with E-state index >= 15 is 0 Å². The second kappa shape index (κ2) is 8.68. The molecule has 0 aliphatic carbocycles. The summed E-state index contributed by atoms with van der Waals surface area (Å²) < 4.78 is 33.1. The van der Waals surface area contributed by atoms with Crippen molar-refractivity contribution in [2.75, 3.05) is 19.7 Å². The van der Waals surface area contributed by atoms with E-state index in [1.165, 1.54) is 15.6 Å². The van der Waals surface area contributed by atoms with Crippen LogP contribution >= 0.6 is 27.3 Å². The quantitative estimate of drug-likeness (QED) is 0.717. The van der Waals surface area contributed by atoms with Crippen LogP contribution in [0.5, 0.6) is 0 Å². The summed E-state index contributed by atoms with van der Waals surface area (Å²) in [5.74, 6) is 0. The lowest BCUT2D eigenvalue weighted by atomic mass is 10.1. The molecule has 0 spiro atoms. The van der Waals surface area contributed by atoms with E-state index in [1.807, 2.05) is 24.3 Å². The maximum Gasteiger partial charge on any atom is 0.407 e. The molecule has 146 valence electrons. The molecule has 2 aromatic rings. The van der Waals surface area contributed by atoms with E-state index in [-0.39, 0.29) is 24.2 Å². The van der Waals surface area contributed by atoms with Crippen molar-refractivity contribution in [3.63, 3.8) is 0 Å². The van der Waals surface area contributed by atoms with Crippen LogP contribution in [-0.2, 0) is 14.8 Å². The van der Waals surface area contributed by atoms with Gasteiger partial charge in [-0.3, -0.25) is 0 Å². The number of hydrogen-bond donors (Lipinski definition) is 1. The predicted octanol–water partition coefficient (Wildman–Crippen LogP) is 3.47. The van der Waals surface area contributed by atoms with Gasteiger partial charge < -0.3 is 10.1 Å². The maximum absolute atomic E-state index is 13.0. The van der Waals surface area contributed by atoms with Crippen LogP contribution in [-0.4, -0.2) is 49.5 Å². The van der Waals surface area contributed by atoms with E-state index in [4.69, 9.17) is 4.74 Å². The first kappa shape index (κ1) is 20.2. The van der Waals surface area contributed by atoms with Gasteiger partial charge >= 0.3 is 6.09 Å². The van der Waals surface area contributed by atoms with Gasteiger partial charge in [0.1, 0.15) is 5.01 Å². The molecule has 1 atom stereocenters. The number of benzene rings is 1. The number of amides is 1. The Bertz CT molecular complexity index is 899. The number of nitrogens with zero attached hydrogens (tertiary/aromatic N) is 2. The number of piperidine rings is 1. The van der Waals surface area contributed by atoms with Gasteiger partial charge in [0.05, 0.1) is 6.61 Å². The van der Waals surface area contributed by atoms with E-state index in [9.17, 15) is 13.2 Å². The highest BCUT2D eigenvalue weighted by Gasteiger charge is 2.32. The number of carbonyl (C=O) groups is 1. The molecule has 0 radical (unpaired) electrons. The molecule has 27 heavy (non-hydrogen) atoms. The molecular weight excluding hydrogens is 454 g/mol. The molecule has 1 saturated heterocycles. The molecular formula is C17H20BrN3O4S2. The largest absolute Gasteiger partial charge is 0.450 e. The molecule has 10 heteroatoms. The number of thiazole rings is 1. The highest BCUT2D eigenvalue weighted by molar-refractivity contribution is 9.10. The Labute approximate surface area is 170 Å². The van der Waals surface area contributed by atoms with Crippen molar-refractivity contribution in [2.24, 2.45) is 0 Å². The molecule has 7 nitrogen and oxygen atoms in total. The van der Waals surface area contributed by atoms with Crippen molar-refractivity contribution in [1.82, 2.24) is 14.6 Å². The van der Waals surface area contributed by atoms with Crippen molar-refractivity contribution in [3.05, 3.63) is 34.1 Å². The van der Waals surface area contributed by atoms with E-state index in [0.717, 1.165) is 10.0 Å². The van der Waals surface area contributed by atoms with Crippen molar-refractivity contribution >= 4 is 43.4 Å². The second-order valence-electron chi connectivity index (χ2n) is 6.06. The number of aromatic nitrogens is 1. The van der Waals surface area contributed by atoms with E-state index in [2.05, 4.69) is 26.2 Å². The fourth-order valence-corrected chi connectivity index (χ4v) is 5.71. The number of rotatable bonds is 5. The van der Waals surface area contributed by atoms with Crippen LogP contribution in [0, 0.1) is 0 Å². The van der Waals surface area contributed by atoms with Crippen LogP contribution in [0.4, 0.5) is 4.79 Å². The molecule has 3 rings (SSSR count). The molecule has 1 aliphatic heterocycles. The zero-order chi connectivity index (χ0) is 19.4. The first-order chi connectivity index (χ1) is 12.9. The Kier molecular flexibility index (Phi) is 6.51. The lowest BCUT2D eigenvalue weighted by Gasteiger charge is -2.31. The van der Waals surface area contributed by atoms with Crippen molar-refractivity contribution in [1.29, 1.82) is 0 Å². The van der Waals surface area contributed by atoms with E-state index in [1.54, 1.807) is 12.3 Å². The topological polar surface area (TPSA) is 88.6 Å². The summed E-state index contributed by atoms with van der Waals surface area (Å²) in [5.41, 5.74) is 0.866. The first-order valence-corrected chi connectivity index (χ1v) is 11.7. The minimum atomic E-state index is -3.71. The van der Waals surface area contributed by atoms with Gasteiger partial charge in [0.15, 0.2) is 5.03 Å². The number of hydrogen-bond acceptors (Lipinski definition) is 6. The summed E-state index contributed by atoms with van der Waals surface area (Å²) in [5, 5.41) is 4.98. The third-order valence-electron chi connectivity index (χ3n) is 4.16. The lowest BCUT2D eigenvalue weighted by Crippen LogP contribution is -2.49. The van der Waals surface area contributed by atoms with Gasteiger partial charge in [0.25, 0.3) is 10.0 Å². The molecule has 1 N–H and O–H groups in total. The van der Waals surface area contributed by atoms with Gasteiger partial charge in [-0.1, -0.05) is 28.1 Å². The van der Waals surface area contributed by atoms with Gasteiger partial charge in [0, 0.05) is 34.5 Å². The minimum Gasteiger partial charge on any atom is -0.450 e. The Morgan fingerprint density at radius 1 is 1.41 bits per heavy atom. The minimum absolute atomic E-state index is 0.0437. The fourth-order valence-electron chi connectivity index (χ4n) is 2.85. The van der Waals surface area contributed by atoms with E-state index < -0.39 is 16.1 Å². The van der Waals surface area contributed by atoms with Crippen LogP contribution in [0.1, 0.15) is 19.8 Å². The lowest BCUT2D eigenvalue weighted by molar-refractivity contribution is 0.142. The molecule has 1 aromatic heterocycles. The Morgan fingerprint density at radius 2 is 2.15 bits per heavy atom. The average Bonchev–Trinajstić information content (AvgIpc) is 3.14. The van der Waals surface area contributed by atoms with Crippen LogP contribution in [0.3, 0.4) is 0 Å². The average molecular weight is 474 g/mol. The molecule has 0 saturated carbocycles. The number of alkyl carbamates (subject to hydrolysis) is 1. The van der Waals surface area contributed by atoms with Crippen LogP contribution in [0.15, 0.2) is 39.1 Å². The SMILES string of the molecule is CCOC(=O)NC1CCCN(S(=O)(=O)c2csc(-c3ccc(Br)cc3)n2)C1. The van der Waals surface area contributed by atoms with Gasteiger partial charge in [-0.15, -0.1) is 11.3 Å². The Morgan fingerprint density at radius 3 is 2.85 bits per heavy atom. The molecule has 1 aliphatic rings. The van der Waals surface area contributed by atoms with Crippen molar-refractivity contribution < 1.29 is 17.9 Å². The van der Waals surface area contributed by atoms with Crippen molar-refractivity contribution in [2.45, 2.75) is 30.8 Å². The Balaban J connectivity index is 1.74. The number of ether oxygens (including phenoxy) is 1. The summed E-state index contributed by atoms with van der Waals surface area (Å²) in [6.45, 7) is 2.63. The molecule has 1 unspecified atom stereocenters. The normalized spacial score (nSPS) is 18.2. The van der Waals surface area contributed by atoms with Crippen LogP contribution in [0.2, 0.25) is 0 Å². The highest BCUT2D eigenvalue weighted by Crippen LogP contribution is 2.29. The predicted molar refractivity (Wildman–Crippen MR) is 107 cm³/mol. The molecule has 1 fully saturated rings. The third-order valence-corrected chi connectivity index (χ3v) is 7.48. The maximum atomic E-state index is 13.0. The van der Waals surface area contributed by atoms with Gasteiger partial charge in [-0.2, -0.15) is 4.31 Å². The molecule has 0 bridgehead atoms. The molecule has 1 aromatic carbocycles. The number of carbonyl (C=O) groups excluding carboxylic acids is 1. The van der Waals surface area contributed by atoms with E-state index in [0.29, 0.717) is 24.4 Å². The smallest absolute Gasteiger partial charge is 0.407 e. The molecule has 1 amide bonds. The van der Waals surface area contributed by atoms with Gasteiger partial charge in [-0.05, 0) is 31.9 Å². The standard InChI is InChI=1S/C17H20BrN3O4S2/c1-2-25-17(22)19-14-4-3-9-21(10-14)27(23,24)15-11-26-16(20-15)12-5-7-13(18)8-6-12/h5-8,11,14H,2-4,9-10H2,1H3,(H,19,22).